The molecule has 0 fully saturated rings. The summed E-state index contributed by atoms with van der Waals surface area (Å²) in [6.45, 7) is 2.03. The number of carbonyl (C=O) groups excluding carboxylic acids is 1. The number of esters is 1. The number of hydrogen-bond acceptors (Lipinski definition) is 2. The van der Waals surface area contributed by atoms with Crippen LogP contribution < -0.4 is 0 Å². The predicted molar refractivity (Wildman–Crippen MR) is 45.8 cm³/mol. The highest BCUT2D eigenvalue weighted by Crippen LogP contribution is 2.20. The van der Waals surface area contributed by atoms with E-state index in [9.17, 15) is 4.79 Å². The molecule has 0 bridgehead atoms. The van der Waals surface area contributed by atoms with E-state index < -0.39 is 5.97 Å². The van der Waals surface area contributed by atoms with Crippen LogP contribution in [0.5, 0.6) is 0 Å². The average Bonchev–Trinajstić information content (AvgIpc) is 1.87. The number of carbonyl (C=O) groups is 1. The van der Waals surface area contributed by atoms with Crippen molar-refractivity contribution in [2.24, 2.45) is 0 Å². The summed E-state index contributed by atoms with van der Waals surface area (Å²) in [6, 6.07) is 0. The molecule has 0 radical (unpaired) electrons. The molecule has 5 heteroatoms. The molecule has 11 heavy (non-hydrogen) atoms. The Hall–Kier alpha value is 0.0800. The van der Waals surface area contributed by atoms with Crippen LogP contribution in [0.2, 0.25) is 0 Å². The van der Waals surface area contributed by atoms with Crippen molar-refractivity contribution in [3.63, 3.8) is 0 Å². The topological polar surface area (TPSA) is 26.3 Å². The van der Waals surface area contributed by atoms with Gasteiger partial charge in [0.2, 0.25) is 0 Å². The zero-order valence-electron chi connectivity index (χ0n) is 5.86. The SMILES string of the molecule is CCOC(=O)CC(Cl)=C(Cl)Cl. The highest BCUT2D eigenvalue weighted by molar-refractivity contribution is 6.59. The summed E-state index contributed by atoms with van der Waals surface area (Å²) >= 11 is 16.0. The van der Waals surface area contributed by atoms with Crippen LogP contribution in [0.25, 0.3) is 0 Å². The summed E-state index contributed by atoms with van der Waals surface area (Å²) in [5.41, 5.74) is 0. The summed E-state index contributed by atoms with van der Waals surface area (Å²) in [6.07, 6.45) is -0.0717. The predicted octanol–water partition coefficient (Wildman–Crippen LogP) is 2.83. The molecule has 0 unspecified atom stereocenters. The van der Waals surface area contributed by atoms with Gasteiger partial charge in [-0.3, -0.25) is 4.79 Å². The normalized spacial score (nSPS) is 9.09. The fraction of sp³-hybridized carbons (Fsp3) is 0.500. The van der Waals surface area contributed by atoms with Gasteiger partial charge in [0.15, 0.2) is 0 Å². The number of rotatable bonds is 3. The first-order valence-corrected chi connectivity index (χ1v) is 4.06. The molecule has 0 rings (SSSR count). The van der Waals surface area contributed by atoms with Crippen LogP contribution in [0.3, 0.4) is 0 Å². The lowest BCUT2D eigenvalue weighted by molar-refractivity contribution is -0.142. The summed E-state index contributed by atoms with van der Waals surface area (Å²) in [5.74, 6) is -0.434. The Balaban J connectivity index is 3.86. The van der Waals surface area contributed by atoms with Gasteiger partial charge in [0.25, 0.3) is 0 Å². The third-order valence-electron chi connectivity index (χ3n) is 0.810. The molecule has 0 aliphatic rings. The Bertz CT molecular complexity index is 173. The summed E-state index contributed by atoms with van der Waals surface area (Å²) in [5, 5.41) is 0.104. The van der Waals surface area contributed by atoms with Crippen molar-refractivity contribution in [1.29, 1.82) is 0 Å². The van der Waals surface area contributed by atoms with E-state index >= 15 is 0 Å². The standard InChI is InChI=1S/C6H7Cl3O2/c1-2-11-5(10)3-4(7)6(8)9/h2-3H2,1H3. The van der Waals surface area contributed by atoms with Gasteiger partial charge in [-0.2, -0.15) is 0 Å². The lowest BCUT2D eigenvalue weighted by Crippen LogP contribution is -2.03. The van der Waals surface area contributed by atoms with E-state index in [2.05, 4.69) is 4.74 Å². The highest BCUT2D eigenvalue weighted by Gasteiger charge is 2.06. The van der Waals surface area contributed by atoms with Crippen LogP contribution in [0.4, 0.5) is 0 Å². The Morgan fingerprint density at radius 2 is 1.91 bits per heavy atom. The van der Waals surface area contributed by atoms with E-state index in [0.717, 1.165) is 0 Å². The molecule has 0 atom stereocenters. The molecule has 0 heterocycles. The van der Waals surface area contributed by atoms with E-state index in [1.165, 1.54) is 0 Å². The maximum atomic E-state index is 10.7. The van der Waals surface area contributed by atoms with Gasteiger partial charge >= 0.3 is 5.97 Å². The van der Waals surface area contributed by atoms with Crippen molar-refractivity contribution in [3.8, 4) is 0 Å². The van der Waals surface area contributed by atoms with E-state index in [1.807, 2.05) is 0 Å². The second-order valence-corrected chi connectivity index (χ2v) is 3.05. The van der Waals surface area contributed by atoms with Crippen molar-refractivity contribution >= 4 is 40.8 Å². The molecular weight excluding hydrogens is 210 g/mol. The summed E-state index contributed by atoms with van der Waals surface area (Å²) in [4.78, 5) is 10.7. The van der Waals surface area contributed by atoms with Gasteiger partial charge in [0.1, 0.15) is 4.49 Å². The molecule has 0 aromatic heterocycles. The molecule has 2 nitrogen and oxygen atoms in total. The van der Waals surface area contributed by atoms with Crippen LogP contribution in [0, 0.1) is 0 Å². The molecule has 0 aliphatic heterocycles. The number of hydrogen-bond donors (Lipinski definition) is 0. The zero-order chi connectivity index (χ0) is 8.85. The monoisotopic (exact) mass is 216 g/mol. The van der Waals surface area contributed by atoms with Gasteiger partial charge in [-0.15, -0.1) is 0 Å². The fourth-order valence-corrected chi connectivity index (χ4v) is 0.648. The van der Waals surface area contributed by atoms with E-state index in [0.29, 0.717) is 6.61 Å². The summed E-state index contributed by atoms with van der Waals surface area (Å²) < 4.78 is 4.49. The third-order valence-corrected chi connectivity index (χ3v) is 1.78. The first-order chi connectivity index (χ1) is 5.07. The molecule has 0 N–H and O–H groups in total. The Morgan fingerprint density at radius 3 is 2.27 bits per heavy atom. The first kappa shape index (κ1) is 11.1. The van der Waals surface area contributed by atoms with Crippen LogP contribution >= 0.6 is 34.8 Å². The largest absolute Gasteiger partial charge is 0.466 e. The van der Waals surface area contributed by atoms with Crippen molar-refractivity contribution in [3.05, 3.63) is 9.52 Å². The van der Waals surface area contributed by atoms with Crippen molar-refractivity contribution < 1.29 is 9.53 Å². The smallest absolute Gasteiger partial charge is 0.311 e. The summed E-state index contributed by atoms with van der Waals surface area (Å²) in [7, 11) is 0. The Kier molecular flexibility index (Phi) is 5.74. The number of halogens is 3. The first-order valence-electron chi connectivity index (χ1n) is 2.93. The van der Waals surface area contributed by atoms with Gasteiger partial charge < -0.3 is 4.74 Å². The second kappa shape index (κ2) is 5.70. The molecule has 0 aromatic carbocycles. The van der Waals surface area contributed by atoms with Gasteiger partial charge in [0, 0.05) is 0 Å². The minimum atomic E-state index is -0.434. The molecule has 0 spiro atoms. The van der Waals surface area contributed by atoms with Crippen LogP contribution in [-0.2, 0) is 9.53 Å². The second-order valence-electron chi connectivity index (χ2n) is 1.65. The van der Waals surface area contributed by atoms with Gasteiger partial charge in [-0.25, -0.2) is 0 Å². The quantitative estimate of drug-likeness (QED) is 0.680. The molecule has 0 saturated heterocycles. The third kappa shape index (κ3) is 5.36. The van der Waals surface area contributed by atoms with Gasteiger partial charge in [-0.05, 0) is 6.92 Å². The Morgan fingerprint density at radius 1 is 1.36 bits per heavy atom. The molecular formula is C6H7Cl3O2. The maximum absolute atomic E-state index is 10.7. The minimum absolute atomic E-state index is 0.0717. The Labute approximate surface area is 80.1 Å². The van der Waals surface area contributed by atoms with Crippen LogP contribution in [-0.4, -0.2) is 12.6 Å². The lowest BCUT2D eigenvalue weighted by Gasteiger charge is -1.99. The van der Waals surface area contributed by atoms with E-state index in [1.54, 1.807) is 6.92 Å². The number of ether oxygens (including phenoxy) is 1. The van der Waals surface area contributed by atoms with Gasteiger partial charge in [-0.1, -0.05) is 34.8 Å². The van der Waals surface area contributed by atoms with E-state index in [4.69, 9.17) is 34.8 Å². The fourth-order valence-electron chi connectivity index (χ4n) is 0.406. The van der Waals surface area contributed by atoms with Crippen molar-refractivity contribution in [2.45, 2.75) is 13.3 Å². The van der Waals surface area contributed by atoms with E-state index in [-0.39, 0.29) is 15.9 Å². The van der Waals surface area contributed by atoms with Crippen molar-refractivity contribution in [2.75, 3.05) is 6.61 Å². The molecule has 0 saturated carbocycles. The highest BCUT2D eigenvalue weighted by atomic mass is 35.5. The van der Waals surface area contributed by atoms with Crippen LogP contribution in [0.15, 0.2) is 9.52 Å². The molecule has 0 aliphatic carbocycles. The zero-order valence-corrected chi connectivity index (χ0v) is 8.13. The molecule has 0 aromatic rings. The minimum Gasteiger partial charge on any atom is -0.466 e. The lowest BCUT2D eigenvalue weighted by atomic mass is 10.4. The average molecular weight is 217 g/mol. The molecule has 64 valence electrons. The van der Waals surface area contributed by atoms with Crippen LogP contribution in [0.1, 0.15) is 13.3 Å². The van der Waals surface area contributed by atoms with Gasteiger partial charge in [0.05, 0.1) is 18.1 Å². The molecule has 0 amide bonds. The van der Waals surface area contributed by atoms with Crippen molar-refractivity contribution in [1.82, 2.24) is 0 Å². The maximum Gasteiger partial charge on any atom is 0.311 e.